The minimum Gasteiger partial charge on any atom is -0.459 e. The lowest BCUT2D eigenvalue weighted by atomic mass is 10.2. The minimum atomic E-state index is -0.517. The Labute approximate surface area is 124 Å². The van der Waals surface area contributed by atoms with E-state index in [1.54, 1.807) is 19.2 Å². The van der Waals surface area contributed by atoms with E-state index in [1.807, 2.05) is 20.8 Å². The van der Waals surface area contributed by atoms with Gasteiger partial charge in [-0.2, -0.15) is 0 Å². The van der Waals surface area contributed by atoms with Crippen molar-refractivity contribution in [1.82, 2.24) is 10.6 Å². The van der Waals surface area contributed by atoms with Crippen molar-refractivity contribution in [3.63, 3.8) is 0 Å². The molecule has 0 saturated heterocycles. The zero-order valence-corrected chi connectivity index (χ0v) is 12.9. The summed E-state index contributed by atoms with van der Waals surface area (Å²) in [4.78, 5) is 15.6. The highest BCUT2D eigenvalue weighted by molar-refractivity contribution is 5.84. The average molecular weight is 295 g/mol. The van der Waals surface area contributed by atoms with Gasteiger partial charge in [-0.3, -0.25) is 9.79 Å². The van der Waals surface area contributed by atoms with Crippen molar-refractivity contribution >= 4 is 11.9 Å². The molecular weight excluding hydrogens is 273 g/mol. The molecule has 0 spiro atoms. The Hall–Kier alpha value is -2.11. The molecule has 0 aliphatic heterocycles. The number of benzene rings is 1. The fraction of sp³-hybridized carbons (Fsp3) is 0.467. The molecule has 116 valence electrons. The van der Waals surface area contributed by atoms with Gasteiger partial charge in [0.25, 0.3) is 0 Å². The number of hydrogen-bond acceptors (Lipinski definition) is 3. The lowest BCUT2D eigenvalue weighted by Crippen LogP contribution is -2.41. The second-order valence-electron chi connectivity index (χ2n) is 5.50. The van der Waals surface area contributed by atoms with Crippen LogP contribution in [0.1, 0.15) is 26.3 Å². The average Bonchev–Trinajstić information content (AvgIpc) is 2.37. The van der Waals surface area contributed by atoms with Crippen molar-refractivity contribution < 1.29 is 13.9 Å². The van der Waals surface area contributed by atoms with Gasteiger partial charge < -0.3 is 15.4 Å². The van der Waals surface area contributed by atoms with E-state index in [0.29, 0.717) is 12.5 Å². The van der Waals surface area contributed by atoms with E-state index in [1.165, 1.54) is 12.1 Å². The fourth-order valence-electron chi connectivity index (χ4n) is 1.59. The lowest BCUT2D eigenvalue weighted by Gasteiger charge is -2.20. The second-order valence-corrected chi connectivity index (χ2v) is 5.50. The van der Waals surface area contributed by atoms with Crippen molar-refractivity contribution in [2.24, 2.45) is 4.99 Å². The van der Waals surface area contributed by atoms with Crippen LogP contribution < -0.4 is 10.6 Å². The SMILES string of the molecule is CN=C(NCC(=O)OC(C)(C)C)NCc1cccc(F)c1. The summed E-state index contributed by atoms with van der Waals surface area (Å²) in [6, 6.07) is 6.27. The Morgan fingerprint density at radius 2 is 2.05 bits per heavy atom. The van der Waals surface area contributed by atoms with Crippen molar-refractivity contribution in [1.29, 1.82) is 0 Å². The molecule has 0 aromatic heterocycles. The molecule has 5 nitrogen and oxygen atoms in total. The first-order valence-electron chi connectivity index (χ1n) is 6.71. The molecule has 0 radical (unpaired) electrons. The number of halogens is 1. The second kappa shape index (κ2) is 7.61. The van der Waals surface area contributed by atoms with E-state index in [2.05, 4.69) is 15.6 Å². The summed E-state index contributed by atoms with van der Waals surface area (Å²) in [5.74, 6) is -0.202. The molecule has 0 amide bonds. The maximum atomic E-state index is 13.1. The largest absolute Gasteiger partial charge is 0.459 e. The van der Waals surface area contributed by atoms with Gasteiger partial charge in [0.2, 0.25) is 0 Å². The number of rotatable bonds is 4. The number of nitrogens with zero attached hydrogens (tertiary/aromatic N) is 1. The van der Waals surface area contributed by atoms with Gasteiger partial charge in [0.05, 0.1) is 0 Å². The Morgan fingerprint density at radius 3 is 2.62 bits per heavy atom. The number of esters is 1. The predicted octanol–water partition coefficient (Wildman–Crippen LogP) is 1.83. The number of carbonyl (C=O) groups is 1. The molecule has 0 unspecified atom stereocenters. The molecule has 1 aromatic carbocycles. The molecule has 0 aliphatic rings. The van der Waals surface area contributed by atoms with Crippen molar-refractivity contribution in [2.45, 2.75) is 32.9 Å². The summed E-state index contributed by atoms with van der Waals surface area (Å²) in [5.41, 5.74) is 0.271. The van der Waals surface area contributed by atoms with Gasteiger partial charge in [-0.1, -0.05) is 12.1 Å². The first kappa shape index (κ1) is 16.9. The Bertz CT molecular complexity index is 510. The van der Waals surface area contributed by atoms with Crippen LogP contribution in [-0.4, -0.2) is 31.1 Å². The highest BCUT2D eigenvalue weighted by Gasteiger charge is 2.16. The van der Waals surface area contributed by atoms with Crippen LogP contribution in [0.2, 0.25) is 0 Å². The van der Waals surface area contributed by atoms with E-state index >= 15 is 0 Å². The maximum absolute atomic E-state index is 13.1. The van der Waals surface area contributed by atoms with Gasteiger partial charge in [0, 0.05) is 13.6 Å². The Kier molecular flexibility index (Phi) is 6.14. The Morgan fingerprint density at radius 1 is 1.33 bits per heavy atom. The van der Waals surface area contributed by atoms with Crippen LogP contribution in [0.3, 0.4) is 0 Å². The molecule has 21 heavy (non-hydrogen) atoms. The zero-order valence-electron chi connectivity index (χ0n) is 12.9. The smallest absolute Gasteiger partial charge is 0.325 e. The maximum Gasteiger partial charge on any atom is 0.325 e. The standard InChI is InChI=1S/C15H22FN3O2/c1-15(2,3)21-13(20)10-19-14(17-4)18-9-11-6-5-7-12(16)8-11/h5-8H,9-10H2,1-4H3,(H2,17,18,19). The van der Waals surface area contributed by atoms with Crippen LogP contribution in [0.5, 0.6) is 0 Å². The van der Waals surface area contributed by atoms with E-state index in [4.69, 9.17) is 4.74 Å². The minimum absolute atomic E-state index is 0.0140. The van der Waals surface area contributed by atoms with Gasteiger partial charge in [-0.15, -0.1) is 0 Å². The van der Waals surface area contributed by atoms with E-state index in [-0.39, 0.29) is 18.3 Å². The molecule has 0 saturated carbocycles. The third-order valence-electron chi connectivity index (χ3n) is 2.39. The number of guanidine groups is 1. The Balaban J connectivity index is 2.41. The number of carbonyl (C=O) groups excluding carboxylic acids is 1. The molecule has 1 aromatic rings. The number of ether oxygens (including phenoxy) is 1. The van der Waals surface area contributed by atoms with Crippen LogP contribution in [0.15, 0.2) is 29.3 Å². The first-order chi connectivity index (χ1) is 9.80. The molecular formula is C15H22FN3O2. The number of hydrogen-bond donors (Lipinski definition) is 2. The molecule has 0 bridgehead atoms. The summed E-state index contributed by atoms with van der Waals surface area (Å²) < 4.78 is 18.2. The summed E-state index contributed by atoms with van der Waals surface area (Å²) in [6.07, 6.45) is 0. The fourth-order valence-corrected chi connectivity index (χ4v) is 1.59. The van der Waals surface area contributed by atoms with Crippen LogP contribution in [-0.2, 0) is 16.1 Å². The summed E-state index contributed by atoms with van der Waals surface area (Å²) in [6.45, 7) is 5.84. The predicted molar refractivity (Wildman–Crippen MR) is 80.4 cm³/mol. The van der Waals surface area contributed by atoms with Gasteiger partial charge in [-0.25, -0.2) is 4.39 Å². The first-order valence-corrected chi connectivity index (χ1v) is 6.71. The third kappa shape index (κ3) is 7.29. The van der Waals surface area contributed by atoms with Crippen molar-refractivity contribution in [3.8, 4) is 0 Å². The quantitative estimate of drug-likeness (QED) is 0.505. The number of nitrogens with one attached hydrogen (secondary N) is 2. The topological polar surface area (TPSA) is 62.7 Å². The van der Waals surface area contributed by atoms with Gasteiger partial charge in [-0.05, 0) is 38.5 Å². The summed E-state index contributed by atoms with van der Waals surface area (Å²) in [5, 5.41) is 5.84. The molecule has 0 fully saturated rings. The van der Waals surface area contributed by atoms with Crippen LogP contribution >= 0.6 is 0 Å². The van der Waals surface area contributed by atoms with Gasteiger partial charge >= 0.3 is 5.97 Å². The van der Waals surface area contributed by atoms with Gasteiger partial charge in [0.15, 0.2) is 5.96 Å². The lowest BCUT2D eigenvalue weighted by molar-refractivity contribution is -0.153. The van der Waals surface area contributed by atoms with Crippen LogP contribution in [0.25, 0.3) is 0 Å². The van der Waals surface area contributed by atoms with E-state index in [0.717, 1.165) is 5.56 Å². The molecule has 0 aliphatic carbocycles. The van der Waals surface area contributed by atoms with Crippen LogP contribution in [0.4, 0.5) is 4.39 Å². The normalized spacial score (nSPS) is 12.0. The molecule has 0 heterocycles. The molecule has 0 atom stereocenters. The third-order valence-corrected chi connectivity index (χ3v) is 2.39. The highest BCUT2D eigenvalue weighted by atomic mass is 19.1. The molecule has 2 N–H and O–H groups in total. The van der Waals surface area contributed by atoms with E-state index in [9.17, 15) is 9.18 Å². The monoisotopic (exact) mass is 295 g/mol. The zero-order chi connectivity index (χ0) is 15.9. The number of aliphatic imine (C=N–C) groups is 1. The van der Waals surface area contributed by atoms with Crippen molar-refractivity contribution in [3.05, 3.63) is 35.6 Å². The van der Waals surface area contributed by atoms with Crippen LogP contribution in [0, 0.1) is 5.82 Å². The summed E-state index contributed by atoms with van der Waals surface area (Å²) >= 11 is 0. The van der Waals surface area contributed by atoms with Crippen molar-refractivity contribution in [2.75, 3.05) is 13.6 Å². The molecule has 6 heteroatoms. The van der Waals surface area contributed by atoms with Gasteiger partial charge in [0.1, 0.15) is 18.0 Å². The molecule has 1 rings (SSSR count). The summed E-state index contributed by atoms with van der Waals surface area (Å²) in [7, 11) is 1.59. The highest BCUT2D eigenvalue weighted by Crippen LogP contribution is 2.06. The van der Waals surface area contributed by atoms with E-state index < -0.39 is 5.60 Å².